The van der Waals surface area contributed by atoms with Crippen LogP contribution in [0.1, 0.15) is 22.3 Å². The van der Waals surface area contributed by atoms with Gasteiger partial charge in [0.05, 0.1) is 27.5 Å². The number of pyridine rings is 1. The number of nitrogens with zero attached hydrogens (tertiary/aromatic N) is 1. The first kappa shape index (κ1) is 20.2. The van der Waals surface area contributed by atoms with Gasteiger partial charge in [-0.2, -0.15) is 13.2 Å². The summed E-state index contributed by atoms with van der Waals surface area (Å²) < 4.78 is 39.1. The van der Waals surface area contributed by atoms with E-state index in [0.717, 1.165) is 33.7 Å². The molecule has 0 aliphatic heterocycles. The Labute approximate surface area is 165 Å². The van der Waals surface area contributed by atoms with Gasteiger partial charge in [0.2, 0.25) is 5.91 Å². The zero-order valence-electron chi connectivity index (χ0n) is 15.6. The summed E-state index contributed by atoms with van der Waals surface area (Å²) in [5.74, 6) is -0.545. The van der Waals surface area contributed by atoms with E-state index in [9.17, 15) is 18.0 Å². The second-order valence-corrected chi connectivity index (χ2v) is 7.63. The number of thioether (sulfide) groups is 1. The van der Waals surface area contributed by atoms with Gasteiger partial charge in [0.15, 0.2) is 0 Å². The van der Waals surface area contributed by atoms with Crippen molar-refractivity contribution in [3.63, 3.8) is 0 Å². The number of fused-ring (bicyclic) bond motifs is 1. The van der Waals surface area contributed by atoms with Gasteiger partial charge in [-0.05, 0) is 56.2 Å². The third-order valence-electron chi connectivity index (χ3n) is 4.29. The number of carbonyl (C=O) groups is 1. The van der Waals surface area contributed by atoms with E-state index >= 15 is 0 Å². The molecule has 1 amide bonds. The number of halogens is 3. The normalized spacial score (nSPS) is 11.6. The Bertz CT molecular complexity index is 1050. The summed E-state index contributed by atoms with van der Waals surface area (Å²) in [6, 6.07) is 10.9. The lowest BCUT2D eigenvalue weighted by molar-refractivity contribution is -0.137. The molecule has 3 nitrogen and oxygen atoms in total. The Kier molecular flexibility index (Phi) is 5.65. The Hall–Kier alpha value is -2.54. The monoisotopic (exact) mass is 404 g/mol. The van der Waals surface area contributed by atoms with Crippen LogP contribution < -0.4 is 5.32 Å². The van der Waals surface area contributed by atoms with Gasteiger partial charge in [-0.25, -0.2) is 4.98 Å². The van der Waals surface area contributed by atoms with Crippen molar-refractivity contribution in [2.24, 2.45) is 0 Å². The first-order valence-electron chi connectivity index (χ1n) is 8.62. The Morgan fingerprint density at radius 3 is 2.50 bits per heavy atom. The van der Waals surface area contributed by atoms with Gasteiger partial charge >= 0.3 is 6.18 Å². The van der Waals surface area contributed by atoms with Crippen molar-refractivity contribution in [1.29, 1.82) is 0 Å². The van der Waals surface area contributed by atoms with Gasteiger partial charge in [-0.1, -0.05) is 35.5 Å². The molecule has 1 heterocycles. The highest BCUT2D eigenvalue weighted by molar-refractivity contribution is 7.99. The second kappa shape index (κ2) is 7.83. The lowest BCUT2D eigenvalue weighted by Crippen LogP contribution is -2.18. The van der Waals surface area contributed by atoms with Gasteiger partial charge in [0, 0.05) is 5.39 Å². The number of anilines is 1. The van der Waals surface area contributed by atoms with Crippen LogP contribution in [0.5, 0.6) is 0 Å². The minimum absolute atomic E-state index is 0.0327. The van der Waals surface area contributed by atoms with Crippen molar-refractivity contribution in [2.45, 2.75) is 32.0 Å². The molecule has 0 aliphatic rings. The molecule has 0 radical (unpaired) electrons. The summed E-state index contributed by atoms with van der Waals surface area (Å²) >= 11 is 1.20. The molecule has 0 spiro atoms. The molecule has 146 valence electrons. The molecule has 1 N–H and O–H groups in total. The molecular weight excluding hydrogens is 385 g/mol. The highest BCUT2D eigenvalue weighted by Crippen LogP contribution is 2.34. The number of hydrogen-bond acceptors (Lipinski definition) is 3. The number of benzene rings is 2. The van der Waals surface area contributed by atoms with Crippen LogP contribution in [0.3, 0.4) is 0 Å². The van der Waals surface area contributed by atoms with Gasteiger partial charge < -0.3 is 5.32 Å². The fraction of sp³-hybridized carbons (Fsp3) is 0.238. The van der Waals surface area contributed by atoms with Gasteiger partial charge in [-0.3, -0.25) is 4.79 Å². The molecule has 2 aromatic carbocycles. The average molecular weight is 404 g/mol. The molecule has 0 unspecified atom stereocenters. The zero-order valence-corrected chi connectivity index (χ0v) is 16.5. The standard InChI is InChI=1S/C21H19F3N2OS/c1-12-8-14(3)20-15(9-12)13(2)10-19(26-20)28-11-18(27)25-17-7-5-4-6-16(17)21(22,23)24/h4-10H,11H2,1-3H3,(H,25,27). The van der Waals surface area contributed by atoms with Gasteiger partial charge in [0.25, 0.3) is 0 Å². The summed E-state index contributed by atoms with van der Waals surface area (Å²) in [7, 11) is 0. The number of aromatic nitrogens is 1. The molecule has 3 aromatic rings. The highest BCUT2D eigenvalue weighted by atomic mass is 32.2. The third-order valence-corrected chi connectivity index (χ3v) is 5.20. The summed E-state index contributed by atoms with van der Waals surface area (Å²) in [5, 5.41) is 4.07. The van der Waals surface area contributed by atoms with Crippen molar-refractivity contribution in [3.8, 4) is 0 Å². The van der Waals surface area contributed by atoms with E-state index < -0.39 is 17.6 Å². The van der Waals surface area contributed by atoms with Crippen LogP contribution in [-0.2, 0) is 11.0 Å². The molecule has 0 fully saturated rings. The molecule has 1 aromatic heterocycles. The average Bonchev–Trinajstić information content (AvgIpc) is 2.60. The van der Waals surface area contributed by atoms with Crippen LogP contribution in [0.4, 0.5) is 18.9 Å². The maximum Gasteiger partial charge on any atom is 0.418 e. The Balaban J connectivity index is 1.76. The van der Waals surface area contributed by atoms with Crippen molar-refractivity contribution in [3.05, 3.63) is 64.7 Å². The quantitative estimate of drug-likeness (QED) is 0.550. The number of carbonyl (C=O) groups excluding carboxylic acids is 1. The smallest absolute Gasteiger partial charge is 0.325 e. The van der Waals surface area contributed by atoms with E-state index in [1.165, 1.54) is 30.0 Å². The minimum atomic E-state index is -4.52. The second-order valence-electron chi connectivity index (χ2n) is 6.64. The van der Waals surface area contributed by atoms with E-state index in [0.29, 0.717) is 5.03 Å². The molecule has 7 heteroatoms. The predicted molar refractivity (Wildman–Crippen MR) is 107 cm³/mol. The van der Waals surface area contributed by atoms with Crippen molar-refractivity contribution < 1.29 is 18.0 Å². The minimum Gasteiger partial charge on any atom is -0.325 e. The Morgan fingerprint density at radius 1 is 1.07 bits per heavy atom. The maximum atomic E-state index is 13.0. The number of rotatable bonds is 4. The van der Waals surface area contributed by atoms with Crippen LogP contribution in [0.15, 0.2) is 47.5 Å². The number of aryl methyl sites for hydroxylation is 3. The van der Waals surface area contributed by atoms with Crippen LogP contribution >= 0.6 is 11.8 Å². The predicted octanol–water partition coefficient (Wildman–Crippen LogP) is 5.91. The zero-order chi connectivity index (χ0) is 20.5. The molecule has 28 heavy (non-hydrogen) atoms. The number of hydrogen-bond donors (Lipinski definition) is 1. The fourth-order valence-electron chi connectivity index (χ4n) is 3.05. The first-order chi connectivity index (χ1) is 13.1. The van der Waals surface area contributed by atoms with Crippen LogP contribution in [0.25, 0.3) is 10.9 Å². The largest absolute Gasteiger partial charge is 0.418 e. The van der Waals surface area contributed by atoms with Crippen LogP contribution in [0.2, 0.25) is 0 Å². The SMILES string of the molecule is Cc1cc(C)c2nc(SCC(=O)Nc3ccccc3C(F)(F)F)cc(C)c2c1. The third kappa shape index (κ3) is 4.47. The summed E-state index contributed by atoms with van der Waals surface area (Å²) in [6.07, 6.45) is -4.52. The Morgan fingerprint density at radius 2 is 1.79 bits per heavy atom. The fourth-order valence-corrected chi connectivity index (χ4v) is 3.82. The van der Waals surface area contributed by atoms with E-state index in [2.05, 4.69) is 16.4 Å². The molecule has 0 aliphatic carbocycles. The lowest BCUT2D eigenvalue weighted by atomic mass is 10.0. The lowest BCUT2D eigenvalue weighted by Gasteiger charge is -2.13. The number of para-hydroxylation sites is 1. The summed E-state index contributed by atoms with van der Waals surface area (Å²) in [4.78, 5) is 16.8. The molecule has 0 saturated carbocycles. The highest BCUT2D eigenvalue weighted by Gasteiger charge is 2.33. The van der Waals surface area contributed by atoms with E-state index in [1.807, 2.05) is 32.9 Å². The van der Waals surface area contributed by atoms with Gasteiger partial charge in [-0.15, -0.1) is 0 Å². The molecule has 3 rings (SSSR count). The van der Waals surface area contributed by atoms with E-state index in [4.69, 9.17) is 0 Å². The van der Waals surface area contributed by atoms with E-state index in [-0.39, 0.29) is 11.4 Å². The number of nitrogens with one attached hydrogen (secondary N) is 1. The summed E-state index contributed by atoms with van der Waals surface area (Å²) in [6.45, 7) is 5.99. The van der Waals surface area contributed by atoms with Crippen molar-refractivity contribution in [1.82, 2.24) is 4.98 Å². The molecule has 0 saturated heterocycles. The summed E-state index contributed by atoms with van der Waals surface area (Å²) in [5.41, 5.74) is 3.01. The molecule has 0 atom stereocenters. The van der Waals surface area contributed by atoms with Crippen molar-refractivity contribution >= 4 is 34.3 Å². The van der Waals surface area contributed by atoms with Crippen LogP contribution in [0, 0.1) is 20.8 Å². The maximum absolute atomic E-state index is 13.0. The van der Waals surface area contributed by atoms with Crippen LogP contribution in [-0.4, -0.2) is 16.6 Å². The topological polar surface area (TPSA) is 42.0 Å². The molecular formula is C21H19F3N2OS. The number of alkyl halides is 3. The first-order valence-corrected chi connectivity index (χ1v) is 9.61. The van der Waals surface area contributed by atoms with E-state index in [1.54, 1.807) is 0 Å². The van der Waals surface area contributed by atoms with Gasteiger partial charge in [0.1, 0.15) is 0 Å². The molecule has 0 bridgehead atoms. The number of amides is 1. The van der Waals surface area contributed by atoms with Crippen molar-refractivity contribution in [2.75, 3.05) is 11.1 Å².